The van der Waals surface area contributed by atoms with Gasteiger partial charge in [0, 0.05) is 6.20 Å². The monoisotopic (exact) mass is 244 g/mol. The lowest BCUT2D eigenvalue weighted by Gasteiger charge is -2.02. The van der Waals surface area contributed by atoms with Gasteiger partial charge in [-0.15, -0.1) is 0 Å². The minimum Gasteiger partial charge on any atom is -0.477 e. The number of esters is 1. The molecule has 1 aromatic heterocycles. The standard InChI is InChI=1S/C12H8N2O4/c15-11(16)9-6-7-13-10(14-9)12(17)18-8-4-2-1-3-5-8/h1-7H,(H,15,16). The van der Waals surface area contributed by atoms with Crippen LogP contribution in [0.15, 0.2) is 42.6 Å². The van der Waals surface area contributed by atoms with E-state index in [0.717, 1.165) is 0 Å². The first-order valence-corrected chi connectivity index (χ1v) is 5.00. The van der Waals surface area contributed by atoms with Crippen molar-refractivity contribution < 1.29 is 19.4 Å². The van der Waals surface area contributed by atoms with Crippen LogP contribution in [0, 0.1) is 0 Å². The molecule has 0 bridgehead atoms. The van der Waals surface area contributed by atoms with E-state index in [1.807, 2.05) is 0 Å². The van der Waals surface area contributed by atoms with E-state index in [9.17, 15) is 9.59 Å². The van der Waals surface area contributed by atoms with Crippen LogP contribution >= 0.6 is 0 Å². The molecule has 6 nitrogen and oxygen atoms in total. The van der Waals surface area contributed by atoms with Crippen molar-refractivity contribution in [2.45, 2.75) is 0 Å². The van der Waals surface area contributed by atoms with Gasteiger partial charge in [0.2, 0.25) is 5.82 Å². The molecule has 0 unspecified atom stereocenters. The molecule has 0 radical (unpaired) electrons. The van der Waals surface area contributed by atoms with E-state index in [2.05, 4.69) is 9.97 Å². The van der Waals surface area contributed by atoms with Crippen molar-refractivity contribution in [3.8, 4) is 5.75 Å². The van der Waals surface area contributed by atoms with E-state index in [1.54, 1.807) is 30.3 Å². The largest absolute Gasteiger partial charge is 0.477 e. The molecule has 0 aliphatic heterocycles. The lowest BCUT2D eigenvalue weighted by atomic mass is 10.3. The molecular weight excluding hydrogens is 236 g/mol. The van der Waals surface area contributed by atoms with E-state index >= 15 is 0 Å². The van der Waals surface area contributed by atoms with Crippen LogP contribution in [0.4, 0.5) is 0 Å². The van der Waals surface area contributed by atoms with Crippen LogP contribution in [0.5, 0.6) is 5.75 Å². The van der Waals surface area contributed by atoms with Gasteiger partial charge >= 0.3 is 11.9 Å². The summed E-state index contributed by atoms with van der Waals surface area (Å²) in [7, 11) is 0. The number of hydrogen-bond donors (Lipinski definition) is 1. The number of benzene rings is 1. The number of aromatic carboxylic acids is 1. The molecule has 0 aliphatic carbocycles. The normalized spacial score (nSPS) is 9.78. The summed E-state index contributed by atoms with van der Waals surface area (Å²) in [6, 6.07) is 9.58. The fourth-order valence-corrected chi connectivity index (χ4v) is 1.22. The van der Waals surface area contributed by atoms with Gasteiger partial charge in [0.25, 0.3) is 0 Å². The number of para-hydroxylation sites is 1. The van der Waals surface area contributed by atoms with Crippen molar-refractivity contribution in [1.29, 1.82) is 0 Å². The van der Waals surface area contributed by atoms with Gasteiger partial charge in [-0.1, -0.05) is 18.2 Å². The molecule has 0 fully saturated rings. The first-order chi connectivity index (χ1) is 8.66. The first-order valence-electron chi connectivity index (χ1n) is 5.00. The molecule has 90 valence electrons. The molecule has 0 amide bonds. The Labute approximate surface area is 102 Å². The van der Waals surface area contributed by atoms with E-state index in [4.69, 9.17) is 9.84 Å². The number of carboxylic acids is 1. The van der Waals surface area contributed by atoms with Gasteiger partial charge < -0.3 is 9.84 Å². The van der Waals surface area contributed by atoms with Crippen LogP contribution in [0.1, 0.15) is 21.1 Å². The summed E-state index contributed by atoms with van der Waals surface area (Å²) in [6.45, 7) is 0. The zero-order chi connectivity index (χ0) is 13.0. The van der Waals surface area contributed by atoms with Gasteiger partial charge in [0.15, 0.2) is 5.69 Å². The summed E-state index contributed by atoms with van der Waals surface area (Å²) in [4.78, 5) is 29.6. The lowest BCUT2D eigenvalue weighted by molar-refractivity contribution is 0.0688. The van der Waals surface area contributed by atoms with Crippen LogP contribution in [-0.4, -0.2) is 27.0 Å². The Morgan fingerprint density at radius 2 is 1.83 bits per heavy atom. The molecule has 0 spiro atoms. The van der Waals surface area contributed by atoms with Crippen molar-refractivity contribution in [2.24, 2.45) is 0 Å². The smallest absolute Gasteiger partial charge is 0.381 e. The maximum Gasteiger partial charge on any atom is 0.381 e. The summed E-state index contributed by atoms with van der Waals surface area (Å²) in [6.07, 6.45) is 1.19. The van der Waals surface area contributed by atoms with Gasteiger partial charge in [-0.05, 0) is 18.2 Å². The Hall–Kier alpha value is -2.76. The highest BCUT2D eigenvalue weighted by Gasteiger charge is 2.14. The van der Waals surface area contributed by atoms with Crippen LogP contribution in [0.2, 0.25) is 0 Å². The van der Waals surface area contributed by atoms with E-state index in [-0.39, 0.29) is 11.5 Å². The Morgan fingerprint density at radius 3 is 2.50 bits per heavy atom. The molecule has 2 rings (SSSR count). The summed E-state index contributed by atoms with van der Waals surface area (Å²) >= 11 is 0. The van der Waals surface area contributed by atoms with Gasteiger partial charge in [-0.2, -0.15) is 0 Å². The lowest BCUT2D eigenvalue weighted by Crippen LogP contribution is -2.15. The van der Waals surface area contributed by atoms with Gasteiger partial charge in [-0.3, -0.25) is 0 Å². The zero-order valence-electron chi connectivity index (χ0n) is 9.11. The Bertz CT molecular complexity index is 584. The minimum atomic E-state index is -1.23. The highest BCUT2D eigenvalue weighted by atomic mass is 16.5. The quantitative estimate of drug-likeness (QED) is 0.648. The number of carboxylic acid groups (broad SMARTS) is 1. The van der Waals surface area contributed by atoms with E-state index < -0.39 is 11.9 Å². The molecule has 0 saturated heterocycles. The van der Waals surface area contributed by atoms with Crippen LogP contribution in [-0.2, 0) is 0 Å². The number of carbonyl (C=O) groups excluding carboxylic acids is 1. The number of nitrogens with zero attached hydrogens (tertiary/aromatic N) is 2. The Kier molecular flexibility index (Phi) is 3.29. The minimum absolute atomic E-state index is 0.259. The second kappa shape index (κ2) is 5.05. The topological polar surface area (TPSA) is 89.4 Å². The fraction of sp³-hybridized carbons (Fsp3) is 0. The van der Waals surface area contributed by atoms with E-state index in [1.165, 1.54) is 12.3 Å². The molecule has 1 N–H and O–H groups in total. The highest BCUT2D eigenvalue weighted by molar-refractivity contribution is 5.90. The number of ether oxygens (including phenoxy) is 1. The Morgan fingerprint density at radius 1 is 1.11 bits per heavy atom. The summed E-state index contributed by atoms with van der Waals surface area (Å²) < 4.78 is 4.98. The second-order valence-corrected chi connectivity index (χ2v) is 3.27. The highest BCUT2D eigenvalue weighted by Crippen LogP contribution is 2.10. The third-order valence-electron chi connectivity index (χ3n) is 2.01. The van der Waals surface area contributed by atoms with Gasteiger partial charge in [0.05, 0.1) is 0 Å². The predicted molar refractivity (Wildman–Crippen MR) is 60.4 cm³/mol. The number of hydrogen-bond acceptors (Lipinski definition) is 5. The van der Waals surface area contributed by atoms with Crippen LogP contribution in [0.3, 0.4) is 0 Å². The van der Waals surface area contributed by atoms with E-state index in [0.29, 0.717) is 5.75 Å². The third kappa shape index (κ3) is 2.67. The van der Waals surface area contributed by atoms with Crippen molar-refractivity contribution in [3.63, 3.8) is 0 Å². The number of aromatic nitrogens is 2. The van der Waals surface area contributed by atoms with Crippen LogP contribution in [0.25, 0.3) is 0 Å². The molecule has 1 aromatic carbocycles. The number of rotatable bonds is 3. The third-order valence-corrected chi connectivity index (χ3v) is 2.01. The fourth-order valence-electron chi connectivity index (χ4n) is 1.22. The van der Waals surface area contributed by atoms with Crippen molar-refractivity contribution in [2.75, 3.05) is 0 Å². The first kappa shape index (κ1) is 11.7. The van der Waals surface area contributed by atoms with Gasteiger partial charge in [0.1, 0.15) is 5.75 Å². The average Bonchev–Trinajstić information content (AvgIpc) is 2.40. The number of carbonyl (C=O) groups is 2. The maximum absolute atomic E-state index is 11.6. The van der Waals surface area contributed by atoms with Crippen molar-refractivity contribution in [3.05, 3.63) is 54.1 Å². The molecular formula is C12H8N2O4. The summed E-state index contributed by atoms with van der Waals surface area (Å²) in [5.74, 6) is -1.99. The molecule has 18 heavy (non-hydrogen) atoms. The second-order valence-electron chi connectivity index (χ2n) is 3.27. The Balaban J connectivity index is 2.19. The molecule has 0 aliphatic rings. The molecule has 2 aromatic rings. The van der Waals surface area contributed by atoms with Crippen LogP contribution < -0.4 is 4.74 Å². The zero-order valence-corrected chi connectivity index (χ0v) is 9.11. The maximum atomic E-state index is 11.6. The molecule has 0 saturated carbocycles. The van der Waals surface area contributed by atoms with Crippen molar-refractivity contribution in [1.82, 2.24) is 9.97 Å². The summed E-state index contributed by atoms with van der Waals surface area (Å²) in [5, 5.41) is 8.74. The van der Waals surface area contributed by atoms with Crippen molar-refractivity contribution >= 4 is 11.9 Å². The SMILES string of the molecule is O=C(O)c1ccnc(C(=O)Oc2ccccc2)n1. The molecule has 1 heterocycles. The average molecular weight is 244 g/mol. The predicted octanol–water partition coefficient (Wildman–Crippen LogP) is 1.39. The molecule has 6 heteroatoms. The van der Waals surface area contributed by atoms with Gasteiger partial charge in [-0.25, -0.2) is 19.6 Å². The molecule has 0 atom stereocenters. The summed E-state index contributed by atoms with van der Waals surface area (Å²) in [5.41, 5.74) is -0.259.